The van der Waals surface area contributed by atoms with Crippen LogP contribution in [0.1, 0.15) is 5.56 Å². The van der Waals surface area contributed by atoms with Gasteiger partial charge in [0, 0.05) is 13.2 Å². The minimum Gasteiger partial charge on any atom is -0.490 e. The normalized spacial score (nSPS) is 9.91. The quantitative estimate of drug-likeness (QED) is 0.824. The zero-order chi connectivity index (χ0) is 16.7. The van der Waals surface area contributed by atoms with E-state index in [1.165, 1.54) is 19.4 Å². The largest absolute Gasteiger partial charge is 0.490 e. The molecule has 1 aromatic carbocycles. The van der Waals surface area contributed by atoms with E-state index in [1.54, 1.807) is 30.3 Å². The van der Waals surface area contributed by atoms with Crippen LogP contribution in [-0.2, 0) is 4.74 Å². The molecule has 0 saturated carbocycles. The molecule has 7 heteroatoms. The number of pyridine rings is 1. The third-order valence-corrected chi connectivity index (χ3v) is 2.95. The molecule has 1 N–H and O–H groups in total. The highest BCUT2D eigenvalue weighted by molar-refractivity contribution is 5.93. The fraction of sp³-hybridized carbons (Fsp3) is 0.188. The highest BCUT2D eigenvalue weighted by atomic mass is 16.5. The molecule has 0 radical (unpaired) electrons. The maximum Gasteiger partial charge on any atom is 0.417 e. The first-order valence-electron chi connectivity index (χ1n) is 6.77. The van der Waals surface area contributed by atoms with Gasteiger partial charge in [-0.15, -0.1) is 0 Å². The van der Waals surface area contributed by atoms with Gasteiger partial charge in [0.25, 0.3) is 0 Å². The molecule has 0 bridgehead atoms. The van der Waals surface area contributed by atoms with E-state index >= 15 is 0 Å². The molecule has 1 aromatic heterocycles. The number of nitrogens with zero attached hydrogens (tertiary/aromatic N) is 3. The molecule has 2 aromatic rings. The Morgan fingerprint density at radius 1 is 1.35 bits per heavy atom. The Morgan fingerprint density at radius 2 is 2.09 bits per heavy atom. The van der Waals surface area contributed by atoms with Crippen LogP contribution < -0.4 is 9.64 Å². The summed E-state index contributed by atoms with van der Waals surface area (Å²) in [5, 5.41) is 18.6. The summed E-state index contributed by atoms with van der Waals surface area (Å²) in [6.07, 6.45) is 0.104. The van der Waals surface area contributed by atoms with Crippen molar-refractivity contribution in [1.82, 2.24) is 4.98 Å². The van der Waals surface area contributed by atoms with Crippen LogP contribution in [0.3, 0.4) is 0 Å². The van der Waals surface area contributed by atoms with Gasteiger partial charge in [-0.25, -0.2) is 14.7 Å². The van der Waals surface area contributed by atoms with E-state index in [4.69, 9.17) is 14.7 Å². The Morgan fingerprint density at radius 3 is 2.70 bits per heavy atom. The van der Waals surface area contributed by atoms with E-state index < -0.39 is 6.09 Å². The van der Waals surface area contributed by atoms with Gasteiger partial charge in [0.1, 0.15) is 29.8 Å². The summed E-state index contributed by atoms with van der Waals surface area (Å²) in [4.78, 5) is 16.7. The Hall–Kier alpha value is -3.11. The standard InChI is InChI=1S/C16H15N3O4/c1-22-7-8-23-14-9-15(18-11-12(14)10-17)19(16(20)21)13-5-3-2-4-6-13/h2-6,9,11H,7-8H2,1H3,(H,20,21). The van der Waals surface area contributed by atoms with Crippen molar-refractivity contribution in [3.8, 4) is 11.8 Å². The number of nitriles is 1. The van der Waals surface area contributed by atoms with Gasteiger partial charge in [-0.1, -0.05) is 18.2 Å². The first-order chi connectivity index (χ1) is 11.2. The molecule has 7 nitrogen and oxygen atoms in total. The summed E-state index contributed by atoms with van der Waals surface area (Å²) in [5.41, 5.74) is 0.670. The number of benzene rings is 1. The molecular formula is C16H15N3O4. The number of carboxylic acid groups (broad SMARTS) is 1. The Bertz CT molecular complexity index is 713. The highest BCUT2D eigenvalue weighted by Gasteiger charge is 2.20. The zero-order valence-corrected chi connectivity index (χ0v) is 12.5. The lowest BCUT2D eigenvalue weighted by Crippen LogP contribution is -2.24. The first-order valence-corrected chi connectivity index (χ1v) is 6.77. The topological polar surface area (TPSA) is 95.7 Å². The molecule has 0 saturated heterocycles. The van der Waals surface area contributed by atoms with Crippen molar-refractivity contribution in [2.24, 2.45) is 0 Å². The maximum absolute atomic E-state index is 11.6. The first kappa shape index (κ1) is 16.3. The number of anilines is 2. The lowest BCUT2D eigenvalue weighted by Gasteiger charge is -2.19. The maximum atomic E-state index is 11.6. The fourth-order valence-corrected chi connectivity index (χ4v) is 1.90. The second-order valence-electron chi connectivity index (χ2n) is 4.45. The van der Waals surface area contributed by atoms with Crippen molar-refractivity contribution in [3.05, 3.63) is 48.2 Å². The average molecular weight is 313 g/mol. The number of aromatic nitrogens is 1. The van der Waals surface area contributed by atoms with E-state index in [1.807, 2.05) is 6.07 Å². The van der Waals surface area contributed by atoms with Gasteiger partial charge in [0.15, 0.2) is 0 Å². The molecule has 0 aliphatic carbocycles. The van der Waals surface area contributed by atoms with E-state index in [9.17, 15) is 9.90 Å². The summed E-state index contributed by atoms with van der Waals surface area (Å²) in [5.74, 6) is 0.409. The molecule has 118 valence electrons. The van der Waals surface area contributed by atoms with Gasteiger partial charge in [0.2, 0.25) is 0 Å². The van der Waals surface area contributed by atoms with Gasteiger partial charge in [-0.3, -0.25) is 0 Å². The smallest absolute Gasteiger partial charge is 0.417 e. The summed E-state index contributed by atoms with van der Waals surface area (Å²) < 4.78 is 10.4. The number of methoxy groups -OCH3 is 1. The lowest BCUT2D eigenvalue weighted by atomic mass is 10.2. The van der Waals surface area contributed by atoms with E-state index in [0.29, 0.717) is 12.3 Å². The van der Waals surface area contributed by atoms with Gasteiger partial charge in [-0.2, -0.15) is 5.26 Å². The molecule has 0 fully saturated rings. The highest BCUT2D eigenvalue weighted by Crippen LogP contribution is 2.28. The van der Waals surface area contributed by atoms with Gasteiger partial charge in [0.05, 0.1) is 18.5 Å². The third kappa shape index (κ3) is 3.96. The Kier molecular flexibility index (Phi) is 5.50. The van der Waals surface area contributed by atoms with Crippen molar-refractivity contribution in [1.29, 1.82) is 5.26 Å². The SMILES string of the molecule is COCCOc1cc(N(C(=O)O)c2ccccc2)ncc1C#N. The van der Waals surface area contributed by atoms with Gasteiger partial charge in [-0.05, 0) is 12.1 Å². The number of ether oxygens (including phenoxy) is 2. The monoisotopic (exact) mass is 313 g/mol. The van der Waals surface area contributed by atoms with Crippen molar-refractivity contribution in [2.75, 3.05) is 25.2 Å². The molecule has 2 rings (SSSR count). The molecule has 0 spiro atoms. The van der Waals surface area contributed by atoms with Crippen molar-refractivity contribution in [3.63, 3.8) is 0 Å². The summed E-state index contributed by atoms with van der Waals surface area (Å²) >= 11 is 0. The number of para-hydroxylation sites is 1. The molecule has 1 amide bonds. The molecule has 0 unspecified atom stereocenters. The van der Waals surface area contributed by atoms with Crippen LogP contribution in [0.2, 0.25) is 0 Å². The van der Waals surface area contributed by atoms with Crippen LogP contribution in [0.5, 0.6) is 5.75 Å². The molecule has 0 atom stereocenters. The van der Waals surface area contributed by atoms with Gasteiger partial charge < -0.3 is 14.6 Å². The Balaban J connectivity index is 2.38. The van der Waals surface area contributed by atoms with Crippen LogP contribution in [-0.4, -0.2) is 36.5 Å². The van der Waals surface area contributed by atoms with Crippen LogP contribution in [0.25, 0.3) is 0 Å². The second-order valence-corrected chi connectivity index (χ2v) is 4.45. The number of amides is 1. The minimum atomic E-state index is -1.18. The summed E-state index contributed by atoms with van der Waals surface area (Å²) in [6.45, 7) is 0.594. The van der Waals surface area contributed by atoms with Gasteiger partial charge >= 0.3 is 6.09 Å². The Labute approximate surface area is 133 Å². The number of carbonyl (C=O) groups is 1. The molecule has 0 aliphatic heterocycles. The summed E-state index contributed by atoms with van der Waals surface area (Å²) in [7, 11) is 1.54. The molecule has 23 heavy (non-hydrogen) atoms. The van der Waals surface area contributed by atoms with Crippen LogP contribution in [0, 0.1) is 11.3 Å². The average Bonchev–Trinajstić information content (AvgIpc) is 2.56. The number of hydrogen-bond donors (Lipinski definition) is 1. The van der Waals surface area contributed by atoms with Crippen molar-refractivity contribution in [2.45, 2.75) is 0 Å². The van der Waals surface area contributed by atoms with Crippen molar-refractivity contribution >= 4 is 17.6 Å². The minimum absolute atomic E-state index is 0.148. The number of rotatable bonds is 6. The molecular weight excluding hydrogens is 298 g/mol. The zero-order valence-electron chi connectivity index (χ0n) is 12.5. The predicted molar refractivity (Wildman–Crippen MR) is 82.9 cm³/mol. The van der Waals surface area contributed by atoms with E-state index in [0.717, 1.165) is 4.90 Å². The molecule has 1 heterocycles. The molecule has 0 aliphatic rings. The number of hydrogen-bond acceptors (Lipinski definition) is 5. The summed E-state index contributed by atoms with van der Waals surface area (Å²) in [6, 6.07) is 11.9. The van der Waals surface area contributed by atoms with Crippen molar-refractivity contribution < 1.29 is 19.4 Å². The fourth-order valence-electron chi connectivity index (χ4n) is 1.90. The van der Waals surface area contributed by atoms with Crippen LogP contribution in [0.15, 0.2) is 42.6 Å². The second kappa shape index (κ2) is 7.77. The van der Waals surface area contributed by atoms with Crippen LogP contribution >= 0.6 is 0 Å². The van der Waals surface area contributed by atoms with Crippen LogP contribution in [0.4, 0.5) is 16.3 Å². The van der Waals surface area contributed by atoms with E-state index in [2.05, 4.69) is 4.98 Å². The predicted octanol–water partition coefficient (Wildman–Crippen LogP) is 2.79. The van der Waals surface area contributed by atoms with E-state index in [-0.39, 0.29) is 23.7 Å². The third-order valence-electron chi connectivity index (χ3n) is 2.95. The lowest BCUT2D eigenvalue weighted by molar-refractivity contribution is 0.146.